The average Bonchev–Trinajstić information content (AvgIpc) is 3.39. The Morgan fingerprint density at radius 1 is 1.12 bits per heavy atom. The van der Waals surface area contributed by atoms with Crippen molar-refractivity contribution in [1.82, 2.24) is 0 Å². The fraction of sp³-hybridized carbons (Fsp3) is 0.263. The first-order chi connectivity index (χ1) is 11.6. The molecule has 4 rings (SSSR count). The number of fused-ring (bicyclic) bond motifs is 1. The van der Waals surface area contributed by atoms with E-state index in [-0.39, 0.29) is 18.3 Å². The molecule has 1 saturated carbocycles. The van der Waals surface area contributed by atoms with Gasteiger partial charge in [-0.1, -0.05) is 35.9 Å². The van der Waals surface area contributed by atoms with E-state index in [0.717, 1.165) is 12.8 Å². The van der Waals surface area contributed by atoms with Crippen LogP contribution in [-0.4, -0.2) is 24.7 Å². The predicted molar refractivity (Wildman–Crippen MR) is 93.4 cm³/mol. The zero-order valence-electron chi connectivity index (χ0n) is 13.0. The zero-order chi connectivity index (χ0) is 16.7. The van der Waals surface area contributed by atoms with E-state index in [2.05, 4.69) is 4.99 Å². The van der Waals surface area contributed by atoms with E-state index in [0.29, 0.717) is 40.0 Å². The smallest absolute Gasteiger partial charge is 0.248 e. The van der Waals surface area contributed by atoms with Crippen molar-refractivity contribution in [3.8, 4) is 0 Å². The van der Waals surface area contributed by atoms with Crippen molar-refractivity contribution in [2.24, 2.45) is 10.9 Å². The van der Waals surface area contributed by atoms with Crippen molar-refractivity contribution in [2.45, 2.75) is 12.8 Å². The van der Waals surface area contributed by atoms with Crippen LogP contribution in [0.5, 0.6) is 0 Å². The maximum atomic E-state index is 14.3. The van der Waals surface area contributed by atoms with Gasteiger partial charge in [0.25, 0.3) is 0 Å². The number of benzodiazepines with no additional fused rings is 1. The van der Waals surface area contributed by atoms with Gasteiger partial charge in [-0.15, -0.1) is 0 Å². The van der Waals surface area contributed by atoms with Crippen LogP contribution in [0.4, 0.5) is 10.1 Å². The number of nitrogens with zero attached hydrogens (tertiary/aromatic N) is 2. The summed E-state index contributed by atoms with van der Waals surface area (Å²) in [5.41, 5.74) is 2.23. The van der Waals surface area contributed by atoms with E-state index >= 15 is 0 Å². The van der Waals surface area contributed by atoms with Gasteiger partial charge in [0.15, 0.2) is 0 Å². The van der Waals surface area contributed by atoms with Gasteiger partial charge in [-0.3, -0.25) is 9.79 Å². The zero-order valence-corrected chi connectivity index (χ0v) is 13.8. The molecular formula is C19H16ClFN2O. The van der Waals surface area contributed by atoms with Gasteiger partial charge in [-0.25, -0.2) is 4.39 Å². The van der Waals surface area contributed by atoms with Gasteiger partial charge in [0.05, 0.1) is 16.4 Å². The van der Waals surface area contributed by atoms with E-state index in [1.807, 2.05) is 12.1 Å². The van der Waals surface area contributed by atoms with Crippen LogP contribution in [0.25, 0.3) is 0 Å². The Bertz CT molecular complexity index is 845. The van der Waals surface area contributed by atoms with Crippen molar-refractivity contribution in [3.05, 3.63) is 64.4 Å². The molecule has 1 fully saturated rings. The highest BCUT2D eigenvalue weighted by Gasteiger charge is 2.32. The molecule has 0 bridgehead atoms. The second-order valence-electron chi connectivity index (χ2n) is 6.23. The minimum atomic E-state index is -0.356. The molecule has 0 spiro atoms. The Morgan fingerprint density at radius 3 is 2.62 bits per heavy atom. The van der Waals surface area contributed by atoms with Crippen LogP contribution in [-0.2, 0) is 4.79 Å². The molecular weight excluding hydrogens is 327 g/mol. The van der Waals surface area contributed by atoms with Crippen molar-refractivity contribution in [2.75, 3.05) is 18.0 Å². The number of anilines is 1. The number of amides is 1. The normalized spacial score (nSPS) is 17.3. The molecule has 24 heavy (non-hydrogen) atoms. The maximum Gasteiger partial charge on any atom is 0.248 e. The molecule has 5 heteroatoms. The number of carbonyl (C=O) groups excluding carboxylic acids is 1. The number of carbonyl (C=O) groups is 1. The summed E-state index contributed by atoms with van der Waals surface area (Å²) >= 11 is 6.43. The summed E-state index contributed by atoms with van der Waals surface area (Å²) < 4.78 is 14.3. The monoisotopic (exact) mass is 342 g/mol. The van der Waals surface area contributed by atoms with Crippen molar-refractivity contribution in [1.29, 1.82) is 0 Å². The van der Waals surface area contributed by atoms with Crippen LogP contribution in [0.3, 0.4) is 0 Å². The highest BCUT2D eigenvalue weighted by Crippen LogP contribution is 2.38. The minimum absolute atomic E-state index is 0.00139. The van der Waals surface area contributed by atoms with E-state index in [9.17, 15) is 9.18 Å². The lowest BCUT2D eigenvalue weighted by atomic mass is 9.99. The second-order valence-corrected chi connectivity index (χ2v) is 6.64. The predicted octanol–water partition coefficient (Wildman–Crippen LogP) is 4.07. The van der Waals surface area contributed by atoms with Crippen molar-refractivity contribution < 1.29 is 9.18 Å². The first-order valence-electron chi connectivity index (χ1n) is 8.04. The van der Waals surface area contributed by atoms with Gasteiger partial charge in [0.1, 0.15) is 12.4 Å². The molecule has 0 unspecified atom stereocenters. The lowest BCUT2D eigenvalue weighted by Gasteiger charge is -2.24. The molecule has 0 atom stereocenters. The van der Waals surface area contributed by atoms with Crippen LogP contribution in [0, 0.1) is 11.7 Å². The maximum absolute atomic E-state index is 14.3. The van der Waals surface area contributed by atoms with E-state index in [1.165, 1.54) is 6.07 Å². The topological polar surface area (TPSA) is 32.7 Å². The second kappa shape index (κ2) is 6.02. The number of halogens is 2. The molecule has 0 radical (unpaired) electrons. The Hall–Kier alpha value is -2.20. The molecule has 2 aromatic carbocycles. The summed E-state index contributed by atoms with van der Waals surface area (Å²) in [6, 6.07) is 11.9. The van der Waals surface area contributed by atoms with Crippen LogP contribution in [0.1, 0.15) is 24.0 Å². The van der Waals surface area contributed by atoms with Crippen LogP contribution in [0.2, 0.25) is 5.02 Å². The molecule has 3 nitrogen and oxygen atoms in total. The average molecular weight is 343 g/mol. The van der Waals surface area contributed by atoms with Crippen molar-refractivity contribution in [3.63, 3.8) is 0 Å². The molecule has 2 aliphatic rings. The summed E-state index contributed by atoms with van der Waals surface area (Å²) in [6.07, 6.45) is 2.26. The first-order valence-corrected chi connectivity index (χ1v) is 8.41. The third-order valence-corrected chi connectivity index (χ3v) is 4.76. The number of aliphatic imine (C=N–C) groups is 1. The SMILES string of the molecule is O=C1CN=C(c2ccccc2F)c2cccc(Cl)c2N1CC1CC1. The summed E-state index contributed by atoms with van der Waals surface area (Å²) in [4.78, 5) is 18.8. The van der Waals surface area contributed by atoms with E-state index in [1.54, 1.807) is 29.2 Å². The van der Waals surface area contributed by atoms with Gasteiger partial charge in [0.2, 0.25) is 5.91 Å². The highest BCUT2D eigenvalue weighted by molar-refractivity contribution is 6.36. The summed E-state index contributed by atoms with van der Waals surface area (Å²) in [6.45, 7) is 0.650. The molecule has 0 N–H and O–H groups in total. The van der Waals surface area contributed by atoms with Crippen molar-refractivity contribution >= 4 is 28.9 Å². The van der Waals surface area contributed by atoms with E-state index < -0.39 is 0 Å². The van der Waals surface area contributed by atoms with Crippen LogP contribution in [0.15, 0.2) is 47.5 Å². The van der Waals surface area contributed by atoms with Crippen LogP contribution < -0.4 is 4.90 Å². The van der Waals surface area contributed by atoms with Crippen LogP contribution >= 0.6 is 11.6 Å². The first kappa shape index (κ1) is 15.3. The number of para-hydroxylation sites is 1. The van der Waals surface area contributed by atoms with E-state index in [4.69, 9.17) is 11.6 Å². The summed E-state index contributed by atoms with van der Waals surface area (Å²) in [5.74, 6) is 0.0703. The number of benzene rings is 2. The molecule has 0 aromatic heterocycles. The summed E-state index contributed by atoms with van der Waals surface area (Å²) in [7, 11) is 0. The molecule has 1 aliphatic heterocycles. The van der Waals surface area contributed by atoms with Gasteiger partial charge >= 0.3 is 0 Å². The molecule has 1 amide bonds. The molecule has 0 saturated heterocycles. The fourth-order valence-electron chi connectivity index (χ4n) is 3.06. The third-order valence-electron chi connectivity index (χ3n) is 4.45. The van der Waals surface area contributed by atoms with Gasteiger partial charge in [0, 0.05) is 17.7 Å². The lowest BCUT2D eigenvalue weighted by Crippen LogP contribution is -2.34. The molecule has 122 valence electrons. The summed E-state index contributed by atoms with van der Waals surface area (Å²) in [5, 5.41) is 0.493. The Labute approximate surface area is 144 Å². The van der Waals surface area contributed by atoms with Gasteiger partial charge in [-0.2, -0.15) is 0 Å². The Balaban J connectivity index is 1.89. The highest BCUT2D eigenvalue weighted by atomic mass is 35.5. The minimum Gasteiger partial charge on any atom is -0.308 e. The number of hydrogen-bond acceptors (Lipinski definition) is 2. The van der Waals surface area contributed by atoms with Gasteiger partial charge in [-0.05, 0) is 37.0 Å². The van der Waals surface area contributed by atoms with Gasteiger partial charge < -0.3 is 4.90 Å². The number of rotatable bonds is 3. The third kappa shape index (κ3) is 2.71. The molecule has 1 heterocycles. The lowest BCUT2D eigenvalue weighted by molar-refractivity contribution is -0.117. The Kier molecular flexibility index (Phi) is 3.85. The molecule has 2 aromatic rings. The quantitative estimate of drug-likeness (QED) is 0.827. The Morgan fingerprint density at radius 2 is 1.88 bits per heavy atom. The molecule has 1 aliphatic carbocycles. The standard InChI is InChI=1S/C19H16ClFN2O/c20-15-6-3-5-14-18(13-4-1-2-7-16(13)21)22-10-17(24)23(19(14)15)11-12-8-9-12/h1-7,12H,8-11H2. The number of hydrogen-bond donors (Lipinski definition) is 0. The fourth-order valence-corrected chi connectivity index (χ4v) is 3.33. The largest absolute Gasteiger partial charge is 0.308 e.